The minimum Gasteiger partial charge on any atom is -0.393 e. The number of rotatable bonds is 5. The Balaban J connectivity index is 1.74. The second-order valence-electron chi connectivity index (χ2n) is 5.84. The molecule has 18 heavy (non-hydrogen) atoms. The van der Waals surface area contributed by atoms with Gasteiger partial charge in [0.25, 0.3) is 0 Å². The van der Waals surface area contributed by atoms with Gasteiger partial charge >= 0.3 is 0 Å². The number of hydrogen-bond acceptors (Lipinski definition) is 3. The molecule has 2 nitrogen and oxygen atoms in total. The van der Waals surface area contributed by atoms with E-state index in [0.29, 0.717) is 5.92 Å². The summed E-state index contributed by atoms with van der Waals surface area (Å²) < 4.78 is 0. The van der Waals surface area contributed by atoms with E-state index in [1.54, 1.807) is 0 Å². The molecule has 102 valence electrons. The Morgan fingerprint density at radius 3 is 3.00 bits per heavy atom. The quantitative estimate of drug-likeness (QED) is 0.886. The summed E-state index contributed by atoms with van der Waals surface area (Å²) >= 11 is 1.84. The van der Waals surface area contributed by atoms with Gasteiger partial charge in [0.15, 0.2) is 0 Å². The fraction of sp³-hybridized carbons (Fsp3) is 0.733. The van der Waals surface area contributed by atoms with Crippen LogP contribution in [-0.4, -0.2) is 36.2 Å². The third kappa shape index (κ3) is 4.08. The van der Waals surface area contributed by atoms with Crippen molar-refractivity contribution in [1.29, 1.82) is 0 Å². The molecule has 1 saturated carbocycles. The van der Waals surface area contributed by atoms with Crippen LogP contribution in [-0.2, 0) is 6.42 Å². The number of thiophene rings is 1. The largest absolute Gasteiger partial charge is 0.393 e. The second-order valence-corrected chi connectivity index (χ2v) is 6.87. The molecule has 0 amide bonds. The first-order valence-electron chi connectivity index (χ1n) is 7.04. The predicted octanol–water partition coefficient (Wildman–Crippen LogP) is 3.02. The fourth-order valence-corrected chi connectivity index (χ4v) is 3.62. The van der Waals surface area contributed by atoms with E-state index < -0.39 is 0 Å². The standard InChI is InChI=1S/C15H25NOS/c1-12-5-6-15(17)13(10-12)11-16(2)8-7-14-4-3-9-18-14/h3-4,9,12-13,15,17H,5-8,10-11H2,1-2H3. The SMILES string of the molecule is CC1CCC(O)C(CN(C)CCc2cccs2)C1. The Bertz CT molecular complexity index is 338. The fourth-order valence-electron chi connectivity index (χ4n) is 2.93. The number of aliphatic hydroxyl groups excluding tert-OH is 1. The Hall–Kier alpha value is -0.380. The van der Waals surface area contributed by atoms with E-state index in [1.807, 2.05) is 11.3 Å². The van der Waals surface area contributed by atoms with Crippen LogP contribution in [0.15, 0.2) is 17.5 Å². The van der Waals surface area contributed by atoms with Crippen LogP contribution in [0.25, 0.3) is 0 Å². The Morgan fingerprint density at radius 1 is 1.44 bits per heavy atom. The molecule has 1 heterocycles. The van der Waals surface area contributed by atoms with Gasteiger partial charge in [0, 0.05) is 18.0 Å². The normalized spacial score (nSPS) is 28.8. The average Bonchev–Trinajstić information content (AvgIpc) is 2.84. The van der Waals surface area contributed by atoms with Gasteiger partial charge in [0.1, 0.15) is 0 Å². The Labute approximate surface area is 115 Å². The third-order valence-corrected chi connectivity index (χ3v) is 5.01. The highest BCUT2D eigenvalue weighted by atomic mass is 32.1. The topological polar surface area (TPSA) is 23.5 Å². The van der Waals surface area contributed by atoms with E-state index >= 15 is 0 Å². The molecular weight excluding hydrogens is 242 g/mol. The molecule has 3 atom stereocenters. The highest BCUT2D eigenvalue weighted by Crippen LogP contribution is 2.29. The van der Waals surface area contributed by atoms with Crippen LogP contribution in [0.1, 0.15) is 31.1 Å². The summed E-state index contributed by atoms with van der Waals surface area (Å²) in [5.41, 5.74) is 0. The molecule has 3 heteroatoms. The van der Waals surface area contributed by atoms with Gasteiger partial charge in [-0.1, -0.05) is 13.0 Å². The number of hydrogen-bond donors (Lipinski definition) is 1. The first-order valence-corrected chi connectivity index (χ1v) is 7.92. The van der Waals surface area contributed by atoms with E-state index in [1.165, 1.54) is 17.7 Å². The van der Waals surface area contributed by atoms with Crippen LogP contribution in [0.2, 0.25) is 0 Å². The van der Waals surface area contributed by atoms with E-state index in [9.17, 15) is 5.11 Å². The van der Waals surface area contributed by atoms with E-state index in [0.717, 1.165) is 31.8 Å². The van der Waals surface area contributed by atoms with Gasteiger partial charge in [0.05, 0.1) is 6.10 Å². The van der Waals surface area contributed by atoms with Crippen molar-refractivity contribution in [1.82, 2.24) is 4.90 Å². The van der Waals surface area contributed by atoms with Crippen molar-refractivity contribution in [3.8, 4) is 0 Å². The molecule has 1 aliphatic rings. The van der Waals surface area contributed by atoms with Crippen molar-refractivity contribution in [2.24, 2.45) is 11.8 Å². The summed E-state index contributed by atoms with van der Waals surface area (Å²) in [7, 11) is 2.18. The van der Waals surface area contributed by atoms with Gasteiger partial charge < -0.3 is 10.0 Å². The number of nitrogens with zero attached hydrogens (tertiary/aromatic N) is 1. The van der Waals surface area contributed by atoms with E-state index in [-0.39, 0.29) is 6.10 Å². The summed E-state index contributed by atoms with van der Waals surface area (Å²) in [4.78, 5) is 3.84. The molecule has 1 fully saturated rings. The maximum absolute atomic E-state index is 10.1. The van der Waals surface area contributed by atoms with Gasteiger partial charge in [-0.05, 0) is 56.0 Å². The summed E-state index contributed by atoms with van der Waals surface area (Å²) in [6.45, 7) is 4.44. The second kappa shape index (κ2) is 6.69. The zero-order chi connectivity index (χ0) is 13.0. The van der Waals surface area contributed by atoms with Crippen molar-refractivity contribution in [3.05, 3.63) is 22.4 Å². The van der Waals surface area contributed by atoms with E-state index in [2.05, 4.69) is 36.4 Å². The molecule has 0 bridgehead atoms. The summed E-state index contributed by atoms with van der Waals surface area (Å²) in [6, 6.07) is 4.32. The summed E-state index contributed by atoms with van der Waals surface area (Å²) in [5, 5.41) is 12.2. The molecular formula is C15H25NOS. The molecule has 3 unspecified atom stereocenters. The number of likely N-dealkylation sites (N-methyl/N-ethyl adjacent to an activating group) is 1. The predicted molar refractivity (Wildman–Crippen MR) is 78.0 cm³/mol. The van der Waals surface area contributed by atoms with Gasteiger partial charge in [0.2, 0.25) is 0 Å². The first-order chi connectivity index (χ1) is 8.65. The van der Waals surface area contributed by atoms with Crippen LogP contribution >= 0.6 is 11.3 Å². The van der Waals surface area contributed by atoms with Crippen molar-refractivity contribution in [2.45, 2.75) is 38.7 Å². The lowest BCUT2D eigenvalue weighted by Gasteiger charge is -2.34. The highest BCUT2D eigenvalue weighted by Gasteiger charge is 2.27. The molecule has 1 aliphatic carbocycles. The third-order valence-electron chi connectivity index (χ3n) is 4.07. The molecule has 0 radical (unpaired) electrons. The van der Waals surface area contributed by atoms with Gasteiger partial charge in [-0.15, -0.1) is 11.3 Å². The maximum atomic E-state index is 10.1. The molecule has 1 aromatic rings. The molecule has 0 saturated heterocycles. The molecule has 1 aromatic heterocycles. The van der Waals surface area contributed by atoms with Crippen LogP contribution < -0.4 is 0 Å². The maximum Gasteiger partial charge on any atom is 0.0580 e. The van der Waals surface area contributed by atoms with E-state index in [4.69, 9.17) is 0 Å². The summed E-state index contributed by atoms with van der Waals surface area (Å²) in [5.74, 6) is 1.26. The van der Waals surface area contributed by atoms with Crippen molar-refractivity contribution in [3.63, 3.8) is 0 Å². The summed E-state index contributed by atoms with van der Waals surface area (Å²) in [6.07, 6.45) is 4.42. The lowest BCUT2D eigenvalue weighted by atomic mass is 9.80. The van der Waals surface area contributed by atoms with Gasteiger partial charge in [-0.3, -0.25) is 0 Å². The first kappa shape index (κ1) is 14.0. The monoisotopic (exact) mass is 267 g/mol. The van der Waals surface area contributed by atoms with Crippen molar-refractivity contribution >= 4 is 11.3 Å². The van der Waals surface area contributed by atoms with Crippen LogP contribution in [0.5, 0.6) is 0 Å². The lowest BCUT2D eigenvalue weighted by Crippen LogP contribution is -2.37. The zero-order valence-corrected chi connectivity index (χ0v) is 12.3. The van der Waals surface area contributed by atoms with Crippen LogP contribution in [0, 0.1) is 11.8 Å². The number of aliphatic hydroxyl groups is 1. The zero-order valence-electron chi connectivity index (χ0n) is 11.5. The van der Waals surface area contributed by atoms with Crippen LogP contribution in [0.4, 0.5) is 0 Å². The molecule has 0 aromatic carbocycles. The molecule has 0 spiro atoms. The van der Waals surface area contributed by atoms with Crippen molar-refractivity contribution in [2.75, 3.05) is 20.1 Å². The molecule has 2 rings (SSSR count). The minimum absolute atomic E-state index is 0.0783. The Morgan fingerprint density at radius 2 is 2.28 bits per heavy atom. The minimum atomic E-state index is -0.0783. The lowest BCUT2D eigenvalue weighted by molar-refractivity contribution is 0.0351. The smallest absolute Gasteiger partial charge is 0.0580 e. The van der Waals surface area contributed by atoms with Gasteiger partial charge in [-0.25, -0.2) is 0 Å². The average molecular weight is 267 g/mol. The van der Waals surface area contributed by atoms with Crippen molar-refractivity contribution < 1.29 is 5.11 Å². The van der Waals surface area contributed by atoms with Crippen LogP contribution in [0.3, 0.4) is 0 Å². The van der Waals surface area contributed by atoms with Gasteiger partial charge in [-0.2, -0.15) is 0 Å². The molecule has 1 N–H and O–H groups in total. The highest BCUT2D eigenvalue weighted by molar-refractivity contribution is 7.09. The Kier molecular flexibility index (Phi) is 5.22. The molecule has 0 aliphatic heterocycles.